The number of carbonyl (C=O) groups excluding carboxylic acids is 1. The quantitative estimate of drug-likeness (QED) is 0.400. The van der Waals surface area contributed by atoms with Gasteiger partial charge in [0.25, 0.3) is 0 Å². The summed E-state index contributed by atoms with van der Waals surface area (Å²) < 4.78 is 5.10. The molecule has 0 N–H and O–H groups in total. The Hall–Kier alpha value is -0.960. The molecule has 0 unspecified atom stereocenters. The third-order valence-corrected chi connectivity index (χ3v) is 3.67. The summed E-state index contributed by atoms with van der Waals surface area (Å²) in [6, 6.07) is 8.47. The normalized spacial score (nSPS) is 10.3. The van der Waals surface area contributed by atoms with Crippen LogP contribution in [-0.4, -0.2) is 18.3 Å². The maximum Gasteiger partial charge on any atom is 0.305 e. The van der Waals surface area contributed by atoms with E-state index in [2.05, 4.69) is 38.1 Å². The molecule has 1 aromatic carbocycles. The van der Waals surface area contributed by atoms with Crippen molar-refractivity contribution in [2.24, 2.45) is 0 Å². The molecule has 1 rings (SSSR count). The van der Waals surface area contributed by atoms with E-state index in [1.165, 1.54) is 10.5 Å². The average Bonchev–Trinajstić information content (AvgIpc) is 2.37. The van der Waals surface area contributed by atoms with Crippen LogP contribution in [0.25, 0.3) is 0 Å². The first-order chi connectivity index (χ1) is 8.72. The van der Waals surface area contributed by atoms with E-state index < -0.39 is 0 Å². The van der Waals surface area contributed by atoms with E-state index in [-0.39, 0.29) is 5.97 Å². The third-order valence-electron chi connectivity index (χ3n) is 2.58. The minimum atomic E-state index is -0.0621. The Labute approximate surface area is 114 Å². The van der Waals surface area contributed by atoms with E-state index in [0.29, 0.717) is 13.0 Å². The van der Waals surface area contributed by atoms with Crippen molar-refractivity contribution in [3.05, 3.63) is 29.8 Å². The monoisotopic (exact) mass is 266 g/mol. The molecule has 0 saturated heterocycles. The number of hydrogen-bond donors (Lipinski definition) is 0. The summed E-state index contributed by atoms with van der Waals surface area (Å²) in [4.78, 5) is 12.6. The summed E-state index contributed by atoms with van der Waals surface area (Å²) in [5.74, 6) is 0.902. The minimum absolute atomic E-state index is 0.0621. The number of hydrogen-bond acceptors (Lipinski definition) is 3. The number of aryl methyl sites for hydroxylation is 1. The first-order valence-electron chi connectivity index (χ1n) is 6.57. The molecule has 0 saturated carbocycles. The molecule has 0 aliphatic heterocycles. The Bertz CT molecular complexity index is 346. The highest BCUT2D eigenvalue weighted by molar-refractivity contribution is 7.99. The first kappa shape index (κ1) is 15.1. The Morgan fingerprint density at radius 2 is 1.94 bits per heavy atom. The van der Waals surface area contributed by atoms with Crippen molar-refractivity contribution in [1.29, 1.82) is 0 Å². The zero-order chi connectivity index (χ0) is 13.2. The van der Waals surface area contributed by atoms with Crippen LogP contribution in [0.15, 0.2) is 29.2 Å². The molecule has 2 nitrogen and oxygen atoms in total. The van der Waals surface area contributed by atoms with Crippen molar-refractivity contribution in [2.45, 2.75) is 44.4 Å². The van der Waals surface area contributed by atoms with Gasteiger partial charge in [-0.25, -0.2) is 0 Å². The fraction of sp³-hybridized carbons (Fsp3) is 0.533. The molecule has 1 aromatic rings. The molecular formula is C15H22O2S. The molecule has 100 valence electrons. The lowest BCUT2D eigenvalue weighted by Crippen LogP contribution is -2.05. The number of esters is 1. The predicted molar refractivity (Wildman–Crippen MR) is 77.0 cm³/mol. The summed E-state index contributed by atoms with van der Waals surface area (Å²) >= 11 is 1.79. The molecule has 0 heterocycles. The number of ether oxygens (including phenoxy) is 1. The molecule has 0 aliphatic rings. The van der Waals surface area contributed by atoms with Crippen molar-refractivity contribution in [2.75, 3.05) is 12.4 Å². The lowest BCUT2D eigenvalue weighted by Gasteiger charge is -2.04. The van der Waals surface area contributed by atoms with Gasteiger partial charge in [-0.2, -0.15) is 0 Å². The van der Waals surface area contributed by atoms with Crippen LogP contribution in [0.4, 0.5) is 0 Å². The van der Waals surface area contributed by atoms with Gasteiger partial charge < -0.3 is 4.74 Å². The Morgan fingerprint density at radius 1 is 1.22 bits per heavy atom. The van der Waals surface area contributed by atoms with Crippen LogP contribution in [0.3, 0.4) is 0 Å². The Kier molecular flexibility index (Phi) is 7.58. The summed E-state index contributed by atoms with van der Waals surface area (Å²) in [7, 11) is 0. The molecule has 0 fully saturated rings. The van der Waals surface area contributed by atoms with Crippen molar-refractivity contribution < 1.29 is 9.53 Å². The van der Waals surface area contributed by atoms with Gasteiger partial charge in [0.05, 0.1) is 6.61 Å². The van der Waals surface area contributed by atoms with Gasteiger partial charge in [-0.1, -0.05) is 31.0 Å². The second-order valence-electron chi connectivity index (χ2n) is 4.34. The van der Waals surface area contributed by atoms with Gasteiger partial charge in [-0.3, -0.25) is 4.79 Å². The second-order valence-corrected chi connectivity index (χ2v) is 5.51. The first-order valence-corrected chi connectivity index (χ1v) is 7.56. The summed E-state index contributed by atoms with van der Waals surface area (Å²) in [6.45, 7) is 4.74. The maximum absolute atomic E-state index is 11.3. The van der Waals surface area contributed by atoms with Gasteiger partial charge in [-0.05, 0) is 37.7 Å². The largest absolute Gasteiger partial charge is 0.466 e. The molecule has 0 bridgehead atoms. The van der Waals surface area contributed by atoms with E-state index >= 15 is 0 Å². The third kappa shape index (κ3) is 6.70. The van der Waals surface area contributed by atoms with Crippen molar-refractivity contribution in [3.8, 4) is 0 Å². The molecular weight excluding hydrogens is 244 g/mol. The van der Waals surface area contributed by atoms with Gasteiger partial charge in [0.15, 0.2) is 0 Å². The van der Waals surface area contributed by atoms with Crippen LogP contribution < -0.4 is 0 Å². The van der Waals surface area contributed by atoms with Gasteiger partial charge >= 0.3 is 5.97 Å². The summed E-state index contributed by atoms with van der Waals surface area (Å²) in [5, 5.41) is 0. The Morgan fingerprint density at radius 3 is 2.61 bits per heavy atom. The van der Waals surface area contributed by atoms with Crippen molar-refractivity contribution >= 4 is 17.7 Å². The number of carbonyl (C=O) groups is 1. The number of benzene rings is 1. The second kappa shape index (κ2) is 9.03. The van der Waals surface area contributed by atoms with E-state index in [4.69, 9.17) is 4.74 Å². The summed E-state index contributed by atoms with van der Waals surface area (Å²) in [5.41, 5.74) is 1.28. The molecule has 0 amide bonds. The van der Waals surface area contributed by atoms with Crippen molar-refractivity contribution in [3.63, 3.8) is 0 Å². The molecule has 0 atom stereocenters. The SMILES string of the molecule is CCCCOC(=O)CCCSc1ccc(C)cc1. The fourth-order valence-electron chi connectivity index (χ4n) is 1.44. The van der Waals surface area contributed by atoms with Gasteiger partial charge in [0.2, 0.25) is 0 Å². The zero-order valence-electron chi connectivity index (χ0n) is 11.3. The van der Waals surface area contributed by atoms with E-state index in [0.717, 1.165) is 25.0 Å². The lowest BCUT2D eigenvalue weighted by molar-refractivity contribution is -0.143. The smallest absolute Gasteiger partial charge is 0.305 e. The van der Waals surface area contributed by atoms with Crippen molar-refractivity contribution in [1.82, 2.24) is 0 Å². The predicted octanol–water partition coefficient (Wildman–Crippen LogP) is 4.21. The van der Waals surface area contributed by atoms with Crippen LogP contribution in [-0.2, 0) is 9.53 Å². The zero-order valence-corrected chi connectivity index (χ0v) is 12.1. The molecule has 0 aliphatic carbocycles. The van der Waals surface area contributed by atoms with E-state index in [9.17, 15) is 4.79 Å². The van der Waals surface area contributed by atoms with Crippen LogP contribution in [0.1, 0.15) is 38.2 Å². The summed E-state index contributed by atoms with van der Waals surface area (Å²) in [6.07, 6.45) is 3.44. The highest BCUT2D eigenvalue weighted by atomic mass is 32.2. The molecule has 3 heteroatoms. The van der Waals surface area contributed by atoms with E-state index in [1.54, 1.807) is 11.8 Å². The van der Waals surface area contributed by atoms with Crippen LogP contribution in [0.2, 0.25) is 0 Å². The topological polar surface area (TPSA) is 26.3 Å². The molecule has 0 spiro atoms. The number of thioether (sulfide) groups is 1. The van der Waals surface area contributed by atoms with Crippen LogP contribution in [0, 0.1) is 6.92 Å². The highest BCUT2D eigenvalue weighted by Gasteiger charge is 2.02. The highest BCUT2D eigenvalue weighted by Crippen LogP contribution is 2.19. The fourth-order valence-corrected chi connectivity index (χ4v) is 2.30. The number of rotatable bonds is 8. The molecule has 0 aromatic heterocycles. The molecule has 18 heavy (non-hydrogen) atoms. The maximum atomic E-state index is 11.3. The van der Waals surface area contributed by atoms with Crippen LogP contribution >= 0.6 is 11.8 Å². The molecule has 0 radical (unpaired) electrons. The van der Waals surface area contributed by atoms with E-state index in [1.807, 2.05) is 0 Å². The van der Waals surface area contributed by atoms with Crippen LogP contribution in [0.5, 0.6) is 0 Å². The average molecular weight is 266 g/mol. The number of unbranched alkanes of at least 4 members (excludes halogenated alkanes) is 1. The minimum Gasteiger partial charge on any atom is -0.466 e. The lowest BCUT2D eigenvalue weighted by atomic mass is 10.2. The van der Waals surface area contributed by atoms with Gasteiger partial charge in [0, 0.05) is 11.3 Å². The van der Waals surface area contributed by atoms with Gasteiger partial charge in [0.1, 0.15) is 0 Å². The standard InChI is InChI=1S/C15H22O2S/c1-3-4-11-17-15(16)6-5-12-18-14-9-7-13(2)8-10-14/h7-10H,3-6,11-12H2,1-2H3. The Balaban J connectivity index is 2.07. The van der Waals surface area contributed by atoms with Gasteiger partial charge in [-0.15, -0.1) is 11.8 Å².